The lowest BCUT2D eigenvalue weighted by molar-refractivity contribution is 0.385. The number of aryl methyl sites for hydroxylation is 2. The summed E-state index contributed by atoms with van der Waals surface area (Å²) in [5.41, 5.74) is 4.60. The Morgan fingerprint density at radius 3 is 2.50 bits per heavy atom. The van der Waals surface area contributed by atoms with Crippen molar-refractivity contribution in [2.75, 3.05) is 14.2 Å². The van der Waals surface area contributed by atoms with Crippen LogP contribution in [0, 0.1) is 19.7 Å². The van der Waals surface area contributed by atoms with Crippen LogP contribution in [0.3, 0.4) is 0 Å². The van der Waals surface area contributed by atoms with Gasteiger partial charge in [0.25, 0.3) is 0 Å². The third kappa shape index (κ3) is 2.83. The van der Waals surface area contributed by atoms with Crippen LogP contribution in [0.5, 0.6) is 5.75 Å². The Bertz CT molecular complexity index is 610. The van der Waals surface area contributed by atoms with E-state index in [1.54, 1.807) is 12.1 Å². The predicted octanol–water partition coefficient (Wildman–Crippen LogP) is 3.76. The standard InChI is InChI=1S/C17H20FNO/c1-11-5-6-12(2)14(9-11)17(19-3)13-7-8-15(18)16(10-13)20-4/h5-10,17,19H,1-4H3. The van der Waals surface area contributed by atoms with Crippen LogP contribution in [0.15, 0.2) is 36.4 Å². The van der Waals surface area contributed by atoms with Crippen LogP contribution in [0.25, 0.3) is 0 Å². The van der Waals surface area contributed by atoms with Crippen molar-refractivity contribution in [3.8, 4) is 5.75 Å². The molecule has 2 nitrogen and oxygen atoms in total. The molecule has 2 rings (SSSR count). The number of ether oxygens (including phenoxy) is 1. The van der Waals surface area contributed by atoms with E-state index in [0.29, 0.717) is 0 Å². The number of benzene rings is 2. The fraction of sp³-hybridized carbons (Fsp3) is 0.294. The number of halogens is 1. The second-order valence-electron chi connectivity index (χ2n) is 4.98. The summed E-state index contributed by atoms with van der Waals surface area (Å²) in [5, 5.41) is 3.30. The van der Waals surface area contributed by atoms with Gasteiger partial charge in [0.15, 0.2) is 11.6 Å². The van der Waals surface area contributed by atoms with Gasteiger partial charge in [0.05, 0.1) is 13.2 Å². The van der Waals surface area contributed by atoms with Gasteiger partial charge in [-0.2, -0.15) is 0 Å². The summed E-state index contributed by atoms with van der Waals surface area (Å²) in [4.78, 5) is 0. The van der Waals surface area contributed by atoms with E-state index in [1.807, 2.05) is 7.05 Å². The van der Waals surface area contributed by atoms with E-state index < -0.39 is 0 Å². The van der Waals surface area contributed by atoms with Gasteiger partial charge in [0.2, 0.25) is 0 Å². The maximum Gasteiger partial charge on any atom is 0.165 e. The van der Waals surface area contributed by atoms with Crippen molar-refractivity contribution in [3.63, 3.8) is 0 Å². The van der Waals surface area contributed by atoms with Gasteiger partial charge in [0, 0.05) is 0 Å². The van der Waals surface area contributed by atoms with E-state index in [0.717, 1.165) is 5.56 Å². The highest BCUT2D eigenvalue weighted by Crippen LogP contribution is 2.29. The van der Waals surface area contributed by atoms with Crippen molar-refractivity contribution in [2.24, 2.45) is 0 Å². The first-order chi connectivity index (χ1) is 9.56. The van der Waals surface area contributed by atoms with Crippen molar-refractivity contribution in [2.45, 2.75) is 19.9 Å². The molecule has 0 bridgehead atoms. The summed E-state index contributed by atoms with van der Waals surface area (Å²) in [6, 6.07) is 11.4. The summed E-state index contributed by atoms with van der Waals surface area (Å²) < 4.78 is 18.6. The summed E-state index contributed by atoms with van der Waals surface area (Å²) in [6.45, 7) is 4.15. The molecule has 0 fully saturated rings. The van der Waals surface area contributed by atoms with Crippen LogP contribution < -0.4 is 10.1 Å². The van der Waals surface area contributed by atoms with Crippen LogP contribution in [-0.4, -0.2) is 14.2 Å². The van der Waals surface area contributed by atoms with E-state index in [2.05, 4.69) is 37.4 Å². The number of nitrogens with one attached hydrogen (secondary N) is 1. The van der Waals surface area contributed by atoms with E-state index >= 15 is 0 Å². The van der Waals surface area contributed by atoms with Gasteiger partial charge in [0.1, 0.15) is 0 Å². The van der Waals surface area contributed by atoms with Gasteiger partial charge in [-0.25, -0.2) is 4.39 Å². The van der Waals surface area contributed by atoms with Gasteiger partial charge >= 0.3 is 0 Å². The topological polar surface area (TPSA) is 21.3 Å². The SMILES string of the molecule is CNC(c1ccc(F)c(OC)c1)c1cc(C)ccc1C. The summed E-state index contributed by atoms with van der Waals surface area (Å²) in [5.74, 6) is -0.0693. The fourth-order valence-corrected chi connectivity index (χ4v) is 2.43. The van der Waals surface area contributed by atoms with Crippen LogP contribution >= 0.6 is 0 Å². The average Bonchev–Trinajstić information content (AvgIpc) is 2.45. The van der Waals surface area contributed by atoms with Gasteiger partial charge in [-0.05, 0) is 49.7 Å². The predicted molar refractivity (Wildman–Crippen MR) is 79.8 cm³/mol. The molecule has 2 aromatic rings. The third-order valence-corrected chi connectivity index (χ3v) is 3.54. The first-order valence-electron chi connectivity index (χ1n) is 6.64. The zero-order valence-electron chi connectivity index (χ0n) is 12.3. The molecule has 0 amide bonds. The quantitative estimate of drug-likeness (QED) is 0.915. The normalized spacial score (nSPS) is 12.2. The zero-order valence-corrected chi connectivity index (χ0v) is 12.3. The smallest absolute Gasteiger partial charge is 0.165 e. The molecule has 0 heterocycles. The molecule has 0 saturated carbocycles. The number of hydrogen-bond donors (Lipinski definition) is 1. The zero-order chi connectivity index (χ0) is 14.7. The van der Waals surface area contributed by atoms with E-state index in [-0.39, 0.29) is 17.6 Å². The number of hydrogen-bond acceptors (Lipinski definition) is 2. The van der Waals surface area contributed by atoms with Crippen LogP contribution in [-0.2, 0) is 0 Å². The van der Waals surface area contributed by atoms with Crippen LogP contribution in [0.2, 0.25) is 0 Å². The van der Waals surface area contributed by atoms with E-state index in [1.165, 1.54) is 29.9 Å². The molecule has 1 atom stereocenters. The lowest BCUT2D eigenvalue weighted by Crippen LogP contribution is -2.19. The lowest BCUT2D eigenvalue weighted by Gasteiger charge is -2.20. The number of rotatable bonds is 4. The molecule has 0 aliphatic carbocycles. The first kappa shape index (κ1) is 14.5. The van der Waals surface area contributed by atoms with Crippen LogP contribution in [0.4, 0.5) is 4.39 Å². The molecule has 0 radical (unpaired) electrons. The molecule has 2 aromatic carbocycles. The van der Waals surface area contributed by atoms with Crippen molar-refractivity contribution >= 4 is 0 Å². The molecule has 1 N–H and O–H groups in total. The molecular formula is C17H20FNO. The summed E-state index contributed by atoms with van der Waals surface area (Å²) in [6.07, 6.45) is 0. The average molecular weight is 273 g/mol. The van der Waals surface area contributed by atoms with E-state index in [4.69, 9.17) is 4.74 Å². The Morgan fingerprint density at radius 1 is 1.10 bits per heavy atom. The van der Waals surface area contributed by atoms with Crippen molar-refractivity contribution < 1.29 is 9.13 Å². The molecule has 0 aromatic heterocycles. The van der Waals surface area contributed by atoms with Gasteiger partial charge < -0.3 is 10.1 Å². The maximum atomic E-state index is 13.5. The second kappa shape index (κ2) is 6.06. The Kier molecular flexibility index (Phi) is 4.40. The van der Waals surface area contributed by atoms with E-state index in [9.17, 15) is 4.39 Å². The highest BCUT2D eigenvalue weighted by atomic mass is 19.1. The highest BCUT2D eigenvalue weighted by molar-refractivity contribution is 5.41. The van der Waals surface area contributed by atoms with Gasteiger partial charge in [-0.3, -0.25) is 0 Å². The Hall–Kier alpha value is -1.87. The molecule has 3 heteroatoms. The number of methoxy groups -OCH3 is 1. The molecule has 0 spiro atoms. The monoisotopic (exact) mass is 273 g/mol. The Balaban J connectivity index is 2.49. The fourth-order valence-electron chi connectivity index (χ4n) is 2.43. The van der Waals surface area contributed by atoms with Gasteiger partial charge in [-0.1, -0.05) is 29.8 Å². The molecule has 0 aliphatic rings. The molecule has 106 valence electrons. The Morgan fingerprint density at radius 2 is 1.85 bits per heavy atom. The molecule has 1 unspecified atom stereocenters. The maximum absolute atomic E-state index is 13.5. The molecule has 20 heavy (non-hydrogen) atoms. The molecule has 0 saturated heterocycles. The highest BCUT2D eigenvalue weighted by Gasteiger charge is 2.16. The second-order valence-corrected chi connectivity index (χ2v) is 4.98. The van der Waals surface area contributed by atoms with Crippen molar-refractivity contribution in [3.05, 3.63) is 64.5 Å². The summed E-state index contributed by atoms with van der Waals surface area (Å²) >= 11 is 0. The van der Waals surface area contributed by atoms with Gasteiger partial charge in [-0.15, -0.1) is 0 Å². The summed E-state index contributed by atoms with van der Waals surface area (Å²) in [7, 11) is 3.39. The van der Waals surface area contributed by atoms with Crippen molar-refractivity contribution in [1.82, 2.24) is 5.32 Å². The van der Waals surface area contributed by atoms with Crippen LogP contribution in [0.1, 0.15) is 28.3 Å². The first-order valence-corrected chi connectivity index (χ1v) is 6.64. The Labute approximate surface area is 119 Å². The minimum Gasteiger partial charge on any atom is -0.494 e. The molecule has 0 aliphatic heterocycles. The van der Waals surface area contributed by atoms with Crippen molar-refractivity contribution in [1.29, 1.82) is 0 Å². The lowest BCUT2D eigenvalue weighted by atomic mass is 9.93. The largest absolute Gasteiger partial charge is 0.494 e. The molecular weight excluding hydrogens is 253 g/mol. The minimum atomic E-state index is -0.341. The third-order valence-electron chi connectivity index (χ3n) is 3.54. The minimum absolute atomic E-state index is 0.0180.